The molecule has 5 nitrogen and oxygen atoms in total. The Labute approximate surface area is 118 Å². The lowest BCUT2D eigenvalue weighted by Crippen LogP contribution is -2.07. The summed E-state index contributed by atoms with van der Waals surface area (Å²) in [5, 5.41) is 12.5. The van der Waals surface area contributed by atoms with Crippen molar-refractivity contribution in [3.63, 3.8) is 0 Å². The van der Waals surface area contributed by atoms with Gasteiger partial charge in [-0.05, 0) is 24.5 Å². The number of aromatic nitrogens is 2. The number of nitrogens with one attached hydrogen (secondary N) is 1. The van der Waals surface area contributed by atoms with E-state index in [-0.39, 0.29) is 5.92 Å². The molecule has 1 aromatic heterocycles. The van der Waals surface area contributed by atoms with E-state index in [0.29, 0.717) is 17.2 Å². The predicted molar refractivity (Wildman–Crippen MR) is 79.7 cm³/mol. The molecule has 2 rings (SSSR count). The second-order valence-corrected chi connectivity index (χ2v) is 4.91. The van der Waals surface area contributed by atoms with Crippen LogP contribution in [-0.2, 0) is 0 Å². The maximum Gasteiger partial charge on any atom is 0.139 e. The van der Waals surface area contributed by atoms with Gasteiger partial charge in [0, 0.05) is 5.56 Å². The number of aryl methyl sites for hydroxylation is 1. The first-order valence-electron chi connectivity index (χ1n) is 6.41. The van der Waals surface area contributed by atoms with Gasteiger partial charge in [0.2, 0.25) is 0 Å². The van der Waals surface area contributed by atoms with Crippen LogP contribution in [0.2, 0.25) is 0 Å². The Morgan fingerprint density at radius 3 is 2.70 bits per heavy atom. The first kappa shape index (κ1) is 13.8. The SMILES string of the molecule is Cc1cccc(Nc2ncnc(N)c2C(C)C)c1C#N. The molecular formula is C15H17N5. The first-order valence-corrected chi connectivity index (χ1v) is 6.41. The van der Waals surface area contributed by atoms with Gasteiger partial charge in [0.25, 0.3) is 0 Å². The zero-order valence-electron chi connectivity index (χ0n) is 11.8. The number of nitrogen functional groups attached to an aromatic ring is 1. The molecular weight excluding hydrogens is 250 g/mol. The van der Waals surface area contributed by atoms with Gasteiger partial charge in [-0.2, -0.15) is 5.26 Å². The second-order valence-electron chi connectivity index (χ2n) is 4.91. The van der Waals surface area contributed by atoms with E-state index in [0.717, 1.165) is 16.8 Å². The largest absolute Gasteiger partial charge is 0.383 e. The number of nitrogens with two attached hydrogens (primary N) is 1. The number of nitrogens with zero attached hydrogens (tertiary/aromatic N) is 3. The summed E-state index contributed by atoms with van der Waals surface area (Å²) >= 11 is 0. The molecule has 0 saturated carbocycles. The fourth-order valence-corrected chi connectivity index (χ4v) is 2.13. The van der Waals surface area contributed by atoms with Crippen molar-refractivity contribution in [2.45, 2.75) is 26.7 Å². The van der Waals surface area contributed by atoms with Crippen molar-refractivity contribution in [3.8, 4) is 6.07 Å². The number of hydrogen-bond donors (Lipinski definition) is 2. The van der Waals surface area contributed by atoms with Gasteiger partial charge < -0.3 is 11.1 Å². The smallest absolute Gasteiger partial charge is 0.139 e. The molecule has 0 aliphatic rings. The average molecular weight is 267 g/mol. The van der Waals surface area contributed by atoms with Gasteiger partial charge in [-0.25, -0.2) is 9.97 Å². The molecule has 0 spiro atoms. The summed E-state index contributed by atoms with van der Waals surface area (Å²) in [5.41, 5.74) is 9.04. The van der Waals surface area contributed by atoms with Gasteiger partial charge in [-0.1, -0.05) is 26.0 Å². The molecule has 0 unspecified atom stereocenters. The van der Waals surface area contributed by atoms with Gasteiger partial charge in [0.05, 0.1) is 11.3 Å². The Balaban J connectivity index is 2.49. The number of nitriles is 1. The third kappa shape index (κ3) is 2.54. The highest BCUT2D eigenvalue weighted by atomic mass is 15.0. The molecule has 0 saturated heterocycles. The fraction of sp³-hybridized carbons (Fsp3) is 0.267. The summed E-state index contributed by atoms with van der Waals surface area (Å²) < 4.78 is 0. The molecule has 2 aromatic rings. The van der Waals surface area contributed by atoms with E-state index in [2.05, 4.69) is 21.4 Å². The third-order valence-electron chi connectivity index (χ3n) is 3.13. The Kier molecular flexibility index (Phi) is 3.85. The lowest BCUT2D eigenvalue weighted by molar-refractivity contribution is 0.855. The highest BCUT2D eigenvalue weighted by molar-refractivity contribution is 5.70. The van der Waals surface area contributed by atoms with Crippen LogP contribution < -0.4 is 11.1 Å². The molecule has 1 aromatic carbocycles. The van der Waals surface area contributed by atoms with Crippen LogP contribution in [0, 0.1) is 18.3 Å². The zero-order chi connectivity index (χ0) is 14.7. The van der Waals surface area contributed by atoms with Crippen LogP contribution in [0.5, 0.6) is 0 Å². The van der Waals surface area contributed by atoms with E-state index in [1.165, 1.54) is 6.33 Å². The highest BCUT2D eigenvalue weighted by Gasteiger charge is 2.14. The first-order chi connectivity index (χ1) is 9.54. The summed E-state index contributed by atoms with van der Waals surface area (Å²) in [6.07, 6.45) is 1.42. The highest BCUT2D eigenvalue weighted by Crippen LogP contribution is 2.30. The van der Waals surface area contributed by atoms with Crippen molar-refractivity contribution >= 4 is 17.3 Å². The summed E-state index contributed by atoms with van der Waals surface area (Å²) in [5.74, 6) is 1.30. The quantitative estimate of drug-likeness (QED) is 0.892. The van der Waals surface area contributed by atoms with E-state index in [9.17, 15) is 5.26 Å². The second kappa shape index (κ2) is 5.57. The summed E-state index contributed by atoms with van der Waals surface area (Å²) in [6, 6.07) is 7.87. The van der Waals surface area contributed by atoms with E-state index < -0.39 is 0 Å². The molecule has 0 bridgehead atoms. The van der Waals surface area contributed by atoms with E-state index >= 15 is 0 Å². The van der Waals surface area contributed by atoms with Gasteiger partial charge in [-0.3, -0.25) is 0 Å². The van der Waals surface area contributed by atoms with Crippen molar-refractivity contribution in [2.75, 3.05) is 11.1 Å². The molecule has 102 valence electrons. The molecule has 1 heterocycles. The standard InChI is InChI=1S/C15H17N5/c1-9(2)13-14(17)18-8-19-15(13)20-12-6-4-5-10(3)11(12)7-16/h4-6,8-9H,1-3H3,(H3,17,18,19,20). The third-order valence-corrected chi connectivity index (χ3v) is 3.13. The van der Waals surface area contributed by atoms with Crippen LogP contribution >= 0.6 is 0 Å². The van der Waals surface area contributed by atoms with Crippen LogP contribution in [0.1, 0.15) is 36.5 Å². The Morgan fingerprint density at radius 1 is 1.30 bits per heavy atom. The van der Waals surface area contributed by atoms with Crippen LogP contribution in [0.15, 0.2) is 24.5 Å². The van der Waals surface area contributed by atoms with Gasteiger partial charge >= 0.3 is 0 Å². The summed E-state index contributed by atoms with van der Waals surface area (Å²) in [4.78, 5) is 8.27. The van der Waals surface area contributed by atoms with E-state index in [4.69, 9.17) is 5.73 Å². The van der Waals surface area contributed by atoms with Gasteiger partial charge in [-0.15, -0.1) is 0 Å². The number of benzene rings is 1. The molecule has 0 amide bonds. The molecule has 3 N–H and O–H groups in total. The van der Waals surface area contributed by atoms with E-state index in [1.807, 2.05) is 39.0 Å². The molecule has 0 fully saturated rings. The van der Waals surface area contributed by atoms with Gasteiger partial charge in [0.1, 0.15) is 24.0 Å². The fourth-order valence-electron chi connectivity index (χ4n) is 2.13. The van der Waals surface area contributed by atoms with Crippen LogP contribution in [0.4, 0.5) is 17.3 Å². The summed E-state index contributed by atoms with van der Waals surface area (Å²) in [7, 11) is 0. The minimum absolute atomic E-state index is 0.189. The van der Waals surface area contributed by atoms with Crippen molar-refractivity contribution < 1.29 is 0 Å². The Hall–Kier alpha value is -2.61. The molecule has 0 radical (unpaired) electrons. The average Bonchev–Trinajstić information content (AvgIpc) is 2.38. The molecule has 0 aliphatic heterocycles. The number of anilines is 3. The topological polar surface area (TPSA) is 87.6 Å². The molecule has 5 heteroatoms. The Bertz CT molecular complexity index is 670. The molecule has 0 aliphatic carbocycles. The lowest BCUT2D eigenvalue weighted by atomic mass is 10.0. The number of hydrogen-bond acceptors (Lipinski definition) is 5. The minimum Gasteiger partial charge on any atom is -0.383 e. The normalized spacial score (nSPS) is 10.3. The van der Waals surface area contributed by atoms with Crippen LogP contribution in [-0.4, -0.2) is 9.97 Å². The van der Waals surface area contributed by atoms with Crippen LogP contribution in [0.25, 0.3) is 0 Å². The summed E-state index contributed by atoms with van der Waals surface area (Å²) in [6.45, 7) is 5.96. The maximum atomic E-state index is 9.26. The number of rotatable bonds is 3. The van der Waals surface area contributed by atoms with E-state index in [1.54, 1.807) is 0 Å². The van der Waals surface area contributed by atoms with Crippen molar-refractivity contribution in [3.05, 3.63) is 41.2 Å². The zero-order valence-corrected chi connectivity index (χ0v) is 11.8. The predicted octanol–water partition coefficient (Wildman–Crippen LogP) is 3.11. The van der Waals surface area contributed by atoms with Crippen LogP contribution in [0.3, 0.4) is 0 Å². The van der Waals surface area contributed by atoms with Crippen molar-refractivity contribution in [1.82, 2.24) is 9.97 Å². The monoisotopic (exact) mass is 267 g/mol. The maximum absolute atomic E-state index is 9.26. The van der Waals surface area contributed by atoms with Gasteiger partial charge in [0.15, 0.2) is 0 Å². The Morgan fingerprint density at radius 2 is 2.05 bits per heavy atom. The van der Waals surface area contributed by atoms with Crippen molar-refractivity contribution in [1.29, 1.82) is 5.26 Å². The molecule has 20 heavy (non-hydrogen) atoms. The minimum atomic E-state index is 0.189. The van der Waals surface area contributed by atoms with Crippen molar-refractivity contribution in [2.24, 2.45) is 0 Å². The molecule has 0 atom stereocenters. The lowest BCUT2D eigenvalue weighted by Gasteiger charge is -2.16.